The lowest BCUT2D eigenvalue weighted by Gasteiger charge is -2.21. The van der Waals surface area contributed by atoms with Gasteiger partial charge in [-0.3, -0.25) is 4.72 Å². The molecular formula is C19H24F3IN4O3S. The number of hydrogen-bond donors (Lipinski definition) is 4. The van der Waals surface area contributed by atoms with Gasteiger partial charge in [0.1, 0.15) is 11.5 Å². The monoisotopic (exact) mass is 572 g/mol. The van der Waals surface area contributed by atoms with E-state index in [1.165, 1.54) is 19.2 Å². The molecule has 1 unspecified atom stereocenters. The molecule has 12 heteroatoms. The molecule has 31 heavy (non-hydrogen) atoms. The van der Waals surface area contributed by atoms with E-state index in [0.29, 0.717) is 16.5 Å². The maximum atomic E-state index is 14.5. The summed E-state index contributed by atoms with van der Waals surface area (Å²) in [5.41, 5.74) is -0.936. The minimum atomic E-state index is -4.10. The lowest BCUT2D eigenvalue weighted by Crippen LogP contribution is -2.36. The number of aliphatic hydroxyl groups excluding tert-OH is 1. The Morgan fingerprint density at radius 2 is 1.81 bits per heavy atom. The van der Waals surface area contributed by atoms with Crippen molar-refractivity contribution in [3.05, 3.63) is 51.4 Å². The van der Waals surface area contributed by atoms with Gasteiger partial charge in [-0.15, -0.1) is 0 Å². The van der Waals surface area contributed by atoms with Gasteiger partial charge < -0.3 is 15.7 Å². The van der Waals surface area contributed by atoms with Crippen LogP contribution in [0, 0.1) is 21.0 Å². The number of anilines is 3. The summed E-state index contributed by atoms with van der Waals surface area (Å²) in [6.45, 7) is 2.36. The van der Waals surface area contributed by atoms with E-state index in [0.717, 1.165) is 16.4 Å². The summed E-state index contributed by atoms with van der Waals surface area (Å²) < 4.78 is 71.5. The molecule has 7 nitrogen and oxygen atoms in total. The summed E-state index contributed by atoms with van der Waals surface area (Å²) >= 11 is 1.90. The van der Waals surface area contributed by atoms with Crippen LogP contribution in [0.25, 0.3) is 0 Å². The molecule has 0 aliphatic rings. The zero-order valence-corrected chi connectivity index (χ0v) is 19.9. The van der Waals surface area contributed by atoms with E-state index < -0.39 is 33.3 Å². The summed E-state index contributed by atoms with van der Waals surface area (Å²) in [4.78, 5) is 0. The van der Waals surface area contributed by atoms with Gasteiger partial charge in [-0.05, 0) is 72.8 Å². The van der Waals surface area contributed by atoms with E-state index in [4.69, 9.17) is 5.11 Å². The fourth-order valence-corrected chi connectivity index (χ4v) is 3.96. The molecule has 0 bridgehead atoms. The number of halogens is 4. The second-order valence-electron chi connectivity index (χ2n) is 6.85. The second-order valence-corrected chi connectivity index (χ2v) is 9.88. The summed E-state index contributed by atoms with van der Waals surface area (Å²) in [5.74, 6) is -3.26. The molecule has 1 atom stereocenters. The Labute approximate surface area is 193 Å². The van der Waals surface area contributed by atoms with E-state index in [1.807, 2.05) is 22.6 Å². The van der Waals surface area contributed by atoms with E-state index in [2.05, 4.69) is 15.4 Å². The van der Waals surface area contributed by atoms with Crippen molar-refractivity contribution in [3.63, 3.8) is 0 Å². The molecule has 0 heterocycles. The molecule has 4 N–H and O–H groups in total. The number of nitrogens with one attached hydrogen (secondary N) is 3. The van der Waals surface area contributed by atoms with E-state index in [-0.39, 0.29) is 30.6 Å². The average molecular weight is 572 g/mol. The Kier molecular flexibility index (Phi) is 9.36. The maximum absolute atomic E-state index is 14.5. The van der Waals surface area contributed by atoms with Crippen molar-refractivity contribution < 1.29 is 26.7 Å². The molecule has 172 valence electrons. The number of aliphatic hydroxyl groups is 1. The van der Waals surface area contributed by atoms with Crippen molar-refractivity contribution >= 4 is 49.9 Å². The first-order valence-electron chi connectivity index (χ1n) is 9.33. The zero-order chi connectivity index (χ0) is 23.2. The van der Waals surface area contributed by atoms with Gasteiger partial charge in [0, 0.05) is 23.2 Å². The predicted octanol–water partition coefficient (Wildman–Crippen LogP) is 3.40. The third-order valence-corrected chi connectivity index (χ3v) is 6.50. The van der Waals surface area contributed by atoms with Crippen LogP contribution in [-0.2, 0) is 10.2 Å². The van der Waals surface area contributed by atoms with E-state index >= 15 is 0 Å². The van der Waals surface area contributed by atoms with Crippen molar-refractivity contribution in [2.75, 3.05) is 36.8 Å². The highest BCUT2D eigenvalue weighted by molar-refractivity contribution is 14.1. The highest BCUT2D eigenvalue weighted by Gasteiger charge is 2.22. The smallest absolute Gasteiger partial charge is 0.301 e. The fourth-order valence-electron chi connectivity index (χ4n) is 2.54. The molecule has 0 radical (unpaired) electrons. The number of hydrogen-bond acceptors (Lipinski definition) is 5. The number of rotatable bonds is 11. The van der Waals surface area contributed by atoms with E-state index in [9.17, 15) is 21.6 Å². The first kappa shape index (κ1) is 25.6. The Morgan fingerprint density at radius 1 is 1.13 bits per heavy atom. The highest BCUT2D eigenvalue weighted by atomic mass is 127. The molecule has 0 fully saturated rings. The van der Waals surface area contributed by atoms with Gasteiger partial charge >= 0.3 is 10.2 Å². The maximum Gasteiger partial charge on any atom is 0.301 e. The van der Waals surface area contributed by atoms with Gasteiger partial charge in [0.05, 0.1) is 18.0 Å². The first-order valence-corrected chi connectivity index (χ1v) is 11.9. The zero-order valence-electron chi connectivity index (χ0n) is 16.9. The van der Waals surface area contributed by atoms with Crippen LogP contribution in [0.1, 0.15) is 13.3 Å². The van der Waals surface area contributed by atoms with Crippen molar-refractivity contribution in [1.29, 1.82) is 0 Å². The molecule has 0 amide bonds. The van der Waals surface area contributed by atoms with Gasteiger partial charge in [-0.25, -0.2) is 13.2 Å². The van der Waals surface area contributed by atoms with Crippen molar-refractivity contribution in [2.24, 2.45) is 0 Å². The number of nitrogens with zero attached hydrogens (tertiary/aromatic N) is 1. The van der Waals surface area contributed by atoms with Crippen molar-refractivity contribution in [2.45, 2.75) is 19.4 Å². The molecule has 0 saturated heterocycles. The van der Waals surface area contributed by atoms with Crippen LogP contribution < -0.4 is 15.4 Å². The second kappa shape index (κ2) is 11.3. The molecule has 0 aromatic heterocycles. The van der Waals surface area contributed by atoms with E-state index in [1.54, 1.807) is 13.0 Å². The van der Waals surface area contributed by atoms with Crippen LogP contribution in [-0.4, -0.2) is 50.6 Å². The SMILES string of the molecule is CC(CO)NCCCN(C)S(=O)(=O)Nc1ccc(F)c(F)c1Nc1ccc(I)cc1F. The lowest BCUT2D eigenvalue weighted by molar-refractivity contribution is 0.251. The Bertz CT molecular complexity index is 1010. The van der Waals surface area contributed by atoms with Crippen LogP contribution in [0.4, 0.5) is 30.2 Å². The van der Waals surface area contributed by atoms with Gasteiger partial charge in [0.25, 0.3) is 0 Å². The first-order chi connectivity index (χ1) is 14.5. The van der Waals surface area contributed by atoms with Crippen LogP contribution >= 0.6 is 22.6 Å². The molecule has 2 aromatic carbocycles. The van der Waals surface area contributed by atoms with Crippen molar-refractivity contribution in [3.8, 4) is 0 Å². The molecular weight excluding hydrogens is 548 g/mol. The van der Waals surface area contributed by atoms with Gasteiger partial charge in [-0.2, -0.15) is 12.7 Å². The largest absolute Gasteiger partial charge is 0.395 e. The minimum absolute atomic E-state index is 0.0389. The van der Waals surface area contributed by atoms with Crippen LogP contribution in [0.5, 0.6) is 0 Å². The molecule has 2 aromatic rings. The summed E-state index contributed by atoms with van der Waals surface area (Å²) in [7, 11) is -2.76. The summed E-state index contributed by atoms with van der Waals surface area (Å²) in [6, 6.07) is 5.82. The molecule has 0 aliphatic carbocycles. The standard InChI is InChI=1S/C19H24F3IN4O3S/c1-12(11-28)24-8-3-9-27(2)31(29,30)26-17-7-5-14(20)18(22)19(17)25-16-6-4-13(23)10-15(16)21/h4-7,10,12,24-26,28H,3,8-9,11H2,1-2H3. The third kappa shape index (κ3) is 7.20. The summed E-state index contributed by atoms with van der Waals surface area (Å²) in [5, 5.41) is 14.4. The van der Waals surface area contributed by atoms with Crippen molar-refractivity contribution in [1.82, 2.24) is 9.62 Å². The van der Waals surface area contributed by atoms with Gasteiger partial charge in [0.15, 0.2) is 11.6 Å². The molecule has 2 rings (SSSR count). The van der Waals surface area contributed by atoms with Crippen LogP contribution in [0.2, 0.25) is 0 Å². The molecule has 0 saturated carbocycles. The Morgan fingerprint density at radius 3 is 2.45 bits per heavy atom. The molecule has 0 spiro atoms. The lowest BCUT2D eigenvalue weighted by atomic mass is 10.2. The van der Waals surface area contributed by atoms with Gasteiger partial charge in [-0.1, -0.05) is 0 Å². The topological polar surface area (TPSA) is 93.7 Å². The Balaban J connectivity index is 2.19. The quantitative estimate of drug-likeness (QED) is 0.245. The fraction of sp³-hybridized carbons (Fsp3) is 0.368. The van der Waals surface area contributed by atoms with Crippen LogP contribution in [0.15, 0.2) is 30.3 Å². The average Bonchev–Trinajstić information content (AvgIpc) is 2.71. The summed E-state index contributed by atoms with van der Waals surface area (Å²) in [6.07, 6.45) is 0.457. The normalized spacial score (nSPS) is 12.8. The minimum Gasteiger partial charge on any atom is -0.395 e. The van der Waals surface area contributed by atoms with Gasteiger partial charge in [0.2, 0.25) is 0 Å². The third-order valence-electron chi connectivity index (χ3n) is 4.35. The highest BCUT2D eigenvalue weighted by Crippen LogP contribution is 2.32. The van der Waals surface area contributed by atoms with Crippen LogP contribution in [0.3, 0.4) is 0 Å². The molecule has 0 aliphatic heterocycles. The number of benzene rings is 2. The Hall–Kier alpha value is -1.61. The predicted molar refractivity (Wildman–Crippen MR) is 123 cm³/mol.